The summed E-state index contributed by atoms with van der Waals surface area (Å²) in [5.41, 5.74) is 0.448. The quantitative estimate of drug-likeness (QED) is 0.102. The molecule has 14 atom stereocenters. The highest BCUT2D eigenvalue weighted by Crippen LogP contribution is 2.68. The summed E-state index contributed by atoms with van der Waals surface area (Å²) in [7, 11) is -8.87. The predicted molar refractivity (Wildman–Crippen MR) is 185 cm³/mol. The molecule has 1 aliphatic heterocycles. The molecule has 0 bridgehead atoms. The van der Waals surface area contributed by atoms with Gasteiger partial charge in [0.05, 0.1) is 24.6 Å². The fourth-order valence-corrected chi connectivity index (χ4v) is 11.5. The van der Waals surface area contributed by atoms with Crippen LogP contribution < -0.4 is 10.6 Å². The standard InChI is InChI=1S/C34H56N2O14S2/c1-18(5-8-27(39)35-13-14-51(42,43)44)22-6-7-23-28-24(10-12-34(22,23)4)33(3)11-9-21(50-52(45,46)47)15-20(33)16-25(28)48-32-29(36-19(2)38)31(41)30(40)26(17-37)49-32/h16,18,21-26,28-32,37,40-41H,5-15,17H2,1-4H3,(H,35,39)(H,36,38)(H,42,43,44)(H,45,46,47)/t18-,21+,22-,23+,24+,25+,26-,28+,29-,30-,31-,32-,33+,34-/m1/s1. The Hall–Kier alpha value is -1.74. The van der Waals surface area contributed by atoms with Gasteiger partial charge in [-0.15, -0.1) is 0 Å². The number of fused-ring (bicyclic) bond motifs is 5. The molecule has 298 valence electrons. The maximum absolute atomic E-state index is 12.5. The molecule has 5 aliphatic rings. The fourth-order valence-electron chi connectivity index (χ4n) is 10.7. The van der Waals surface area contributed by atoms with Gasteiger partial charge in [-0.25, -0.2) is 4.18 Å². The highest BCUT2D eigenvalue weighted by molar-refractivity contribution is 7.85. The maximum Gasteiger partial charge on any atom is 0.397 e. The average Bonchev–Trinajstić information content (AvgIpc) is 3.39. The number of carbonyl (C=O) groups is 2. The molecule has 2 amide bonds. The van der Waals surface area contributed by atoms with Gasteiger partial charge in [0.1, 0.15) is 24.4 Å². The molecule has 18 heteroatoms. The summed E-state index contributed by atoms with van der Waals surface area (Å²) < 4.78 is 81.6. The van der Waals surface area contributed by atoms with E-state index in [9.17, 15) is 46.3 Å². The number of hydrogen-bond acceptors (Lipinski definition) is 12. The Balaban J connectivity index is 1.43. The zero-order valence-electron chi connectivity index (χ0n) is 30.2. The first-order valence-corrected chi connectivity index (χ1v) is 21.3. The summed E-state index contributed by atoms with van der Waals surface area (Å²) in [6, 6.07) is -1.16. The van der Waals surface area contributed by atoms with Crippen LogP contribution >= 0.6 is 0 Å². The van der Waals surface area contributed by atoms with Gasteiger partial charge < -0.3 is 35.4 Å². The lowest BCUT2D eigenvalue weighted by Crippen LogP contribution is -2.65. The number of aliphatic hydroxyl groups is 3. The molecule has 1 heterocycles. The van der Waals surface area contributed by atoms with E-state index in [-0.39, 0.29) is 65.7 Å². The van der Waals surface area contributed by atoms with Crippen molar-refractivity contribution in [1.82, 2.24) is 10.6 Å². The third-order valence-corrected chi connectivity index (χ3v) is 14.4. The Morgan fingerprint density at radius 2 is 1.75 bits per heavy atom. The van der Waals surface area contributed by atoms with E-state index in [1.165, 1.54) is 6.92 Å². The van der Waals surface area contributed by atoms with Crippen LogP contribution in [-0.2, 0) is 43.8 Å². The molecule has 0 aromatic heterocycles. The number of aliphatic hydroxyl groups excluding tert-OH is 3. The molecule has 52 heavy (non-hydrogen) atoms. The molecule has 1 saturated heterocycles. The highest BCUT2D eigenvalue weighted by Gasteiger charge is 2.62. The van der Waals surface area contributed by atoms with E-state index in [1.54, 1.807) is 0 Å². The summed E-state index contributed by atoms with van der Waals surface area (Å²) >= 11 is 0. The summed E-state index contributed by atoms with van der Waals surface area (Å²) in [4.78, 5) is 24.7. The van der Waals surface area contributed by atoms with Crippen molar-refractivity contribution < 1.29 is 64.5 Å². The fraction of sp³-hybridized carbons (Fsp3) is 0.882. The minimum Gasteiger partial charge on any atom is -0.394 e. The maximum atomic E-state index is 12.5. The number of ether oxygens (including phenoxy) is 2. The second kappa shape index (κ2) is 15.8. The van der Waals surface area contributed by atoms with Crippen LogP contribution in [0.2, 0.25) is 0 Å². The smallest absolute Gasteiger partial charge is 0.394 e. The van der Waals surface area contributed by atoms with E-state index in [4.69, 9.17) is 18.2 Å². The van der Waals surface area contributed by atoms with E-state index in [1.807, 2.05) is 6.08 Å². The molecule has 5 rings (SSSR count). The first-order valence-electron chi connectivity index (χ1n) is 18.3. The van der Waals surface area contributed by atoms with Gasteiger partial charge in [-0.05, 0) is 91.8 Å². The van der Waals surface area contributed by atoms with Gasteiger partial charge in [-0.3, -0.25) is 18.7 Å². The Morgan fingerprint density at radius 1 is 1.04 bits per heavy atom. The minimum absolute atomic E-state index is 0.0642. The minimum atomic E-state index is -4.69. The largest absolute Gasteiger partial charge is 0.397 e. The Labute approximate surface area is 306 Å². The number of hydrogen-bond donors (Lipinski definition) is 7. The van der Waals surface area contributed by atoms with Gasteiger partial charge in [0.25, 0.3) is 10.1 Å². The SMILES string of the molecule is CC(=O)N[C@H]1[C@H](O[C@H]2C=C3C[C@@H](OS(=O)(=O)O)CC[C@]3(C)[C@H]3CC[C@]4(C)[C@@H]([C@H](C)CCC(=O)NCCS(=O)(=O)O)CC[C@H]4[C@H]23)O[C@H](CO)[C@@H](O)[C@@H]1O. The van der Waals surface area contributed by atoms with Gasteiger partial charge in [0.2, 0.25) is 11.8 Å². The van der Waals surface area contributed by atoms with Crippen LogP contribution in [0.5, 0.6) is 0 Å². The van der Waals surface area contributed by atoms with Crippen molar-refractivity contribution in [2.24, 2.45) is 40.4 Å². The third kappa shape index (κ3) is 8.87. The van der Waals surface area contributed by atoms with E-state index in [0.717, 1.165) is 31.3 Å². The normalized spacial score (nSPS) is 41.2. The second-order valence-corrected chi connectivity index (χ2v) is 18.8. The first kappa shape index (κ1) is 41.4. The van der Waals surface area contributed by atoms with E-state index in [0.29, 0.717) is 19.3 Å². The van der Waals surface area contributed by atoms with Crippen molar-refractivity contribution in [1.29, 1.82) is 0 Å². The summed E-state index contributed by atoms with van der Waals surface area (Å²) in [6.45, 7) is 7.12. The molecule has 4 aliphatic carbocycles. The summed E-state index contributed by atoms with van der Waals surface area (Å²) in [5, 5.41) is 36.8. The van der Waals surface area contributed by atoms with Crippen molar-refractivity contribution in [2.75, 3.05) is 18.9 Å². The molecule has 4 fully saturated rings. The van der Waals surface area contributed by atoms with Crippen molar-refractivity contribution >= 4 is 32.3 Å². The Kier molecular flexibility index (Phi) is 12.6. The number of amides is 2. The van der Waals surface area contributed by atoms with Crippen LogP contribution in [0.1, 0.15) is 85.5 Å². The van der Waals surface area contributed by atoms with E-state index < -0.39 is 81.6 Å². The van der Waals surface area contributed by atoms with Gasteiger partial charge in [0.15, 0.2) is 6.29 Å². The van der Waals surface area contributed by atoms with Gasteiger partial charge in [-0.1, -0.05) is 32.4 Å². The molecule has 0 aromatic carbocycles. The van der Waals surface area contributed by atoms with Gasteiger partial charge >= 0.3 is 10.4 Å². The van der Waals surface area contributed by atoms with Crippen LogP contribution in [-0.4, -0.2) is 115 Å². The van der Waals surface area contributed by atoms with Crippen LogP contribution in [0, 0.1) is 40.4 Å². The molecule has 3 saturated carbocycles. The lowest BCUT2D eigenvalue weighted by atomic mass is 9.46. The number of rotatable bonds is 13. The molecular weight excluding hydrogens is 725 g/mol. The van der Waals surface area contributed by atoms with Gasteiger partial charge in [-0.2, -0.15) is 16.8 Å². The lowest BCUT2D eigenvalue weighted by molar-refractivity contribution is -0.289. The average molecular weight is 781 g/mol. The highest BCUT2D eigenvalue weighted by atomic mass is 32.3. The zero-order valence-corrected chi connectivity index (χ0v) is 31.9. The van der Waals surface area contributed by atoms with Crippen LogP contribution in [0.15, 0.2) is 11.6 Å². The molecule has 7 N–H and O–H groups in total. The Morgan fingerprint density at radius 3 is 2.38 bits per heavy atom. The molecule has 0 spiro atoms. The zero-order chi connectivity index (χ0) is 38.4. The predicted octanol–water partition coefficient (Wildman–Crippen LogP) is 1.11. The van der Waals surface area contributed by atoms with E-state index >= 15 is 0 Å². The monoisotopic (exact) mass is 780 g/mol. The summed E-state index contributed by atoms with van der Waals surface area (Å²) in [6.07, 6.45) is 0.782. The number of nitrogens with one attached hydrogen (secondary N) is 2. The third-order valence-electron chi connectivity index (χ3n) is 13.1. The summed E-state index contributed by atoms with van der Waals surface area (Å²) in [5.74, 6) is -0.717. The van der Waals surface area contributed by atoms with Crippen molar-refractivity contribution in [3.63, 3.8) is 0 Å². The molecule has 0 unspecified atom stereocenters. The van der Waals surface area contributed by atoms with E-state index in [2.05, 4.69) is 31.4 Å². The second-order valence-electron chi connectivity index (χ2n) is 16.2. The molecule has 0 aromatic rings. The molecular formula is C34H56N2O14S2. The first-order chi connectivity index (χ1) is 24.2. The Bertz CT molecular complexity index is 1570. The van der Waals surface area contributed by atoms with Crippen molar-refractivity contribution in [3.05, 3.63) is 11.6 Å². The number of carbonyl (C=O) groups excluding carboxylic acids is 2. The molecule has 0 radical (unpaired) electrons. The van der Waals surface area contributed by atoms with Crippen molar-refractivity contribution in [3.8, 4) is 0 Å². The lowest BCUT2D eigenvalue weighted by Gasteiger charge is -2.60. The van der Waals surface area contributed by atoms with Crippen LogP contribution in [0.4, 0.5) is 0 Å². The molecule has 16 nitrogen and oxygen atoms in total. The van der Waals surface area contributed by atoms with Crippen molar-refractivity contribution in [2.45, 2.75) is 128 Å². The van der Waals surface area contributed by atoms with Crippen LogP contribution in [0.3, 0.4) is 0 Å². The van der Waals surface area contributed by atoms with Gasteiger partial charge in [0, 0.05) is 19.9 Å². The topological polar surface area (TPSA) is 255 Å². The van der Waals surface area contributed by atoms with Crippen LogP contribution in [0.25, 0.3) is 0 Å².